The van der Waals surface area contributed by atoms with E-state index in [9.17, 15) is 10.1 Å². The van der Waals surface area contributed by atoms with Gasteiger partial charge in [-0.15, -0.1) is 0 Å². The van der Waals surface area contributed by atoms with E-state index in [1.807, 2.05) is 20.8 Å². The van der Waals surface area contributed by atoms with Gasteiger partial charge in [-0.1, -0.05) is 20.8 Å². The summed E-state index contributed by atoms with van der Waals surface area (Å²) in [6.45, 7) is 6.52. The van der Waals surface area contributed by atoms with Crippen molar-refractivity contribution in [2.24, 2.45) is 7.05 Å². The molecule has 1 N–H and O–H groups in total. The molecule has 0 atom stereocenters. The molecule has 1 aromatic heterocycles. The second kappa shape index (κ2) is 4.96. The summed E-state index contributed by atoms with van der Waals surface area (Å²) < 4.78 is 1.54. The molecule has 0 aliphatic carbocycles. The quantitative estimate of drug-likeness (QED) is 0.617. The molecule has 6 heteroatoms. The van der Waals surface area contributed by atoms with Crippen LogP contribution in [0.5, 0.6) is 0 Å². The lowest BCUT2D eigenvalue weighted by atomic mass is 10.1. The number of aryl methyl sites for hydroxylation is 1. The van der Waals surface area contributed by atoms with Gasteiger partial charge in [0.2, 0.25) is 5.82 Å². The molecule has 1 aromatic rings. The Labute approximate surface area is 94.8 Å². The standard InChI is InChI=1S/C10H18N4O2/c1-5-6-11-10-9(14(15)16)8(7(2)3)12-13(10)4/h7,11H,5-6H2,1-4H3. The zero-order chi connectivity index (χ0) is 12.3. The van der Waals surface area contributed by atoms with E-state index in [2.05, 4.69) is 10.4 Å². The van der Waals surface area contributed by atoms with Crippen molar-refractivity contribution in [1.29, 1.82) is 0 Å². The molecule has 1 heterocycles. The number of hydrogen-bond donors (Lipinski definition) is 1. The molecule has 0 spiro atoms. The van der Waals surface area contributed by atoms with Gasteiger partial charge in [-0.3, -0.25) is 10.1 Å². The Hall–Kier alpha value is -1.59. The van der Waals surface area contributed by atoms with Crippen molar-refractivity contribution in [3.05, 3.63) is 15.8 Å². The van der Waals surface area contributed by atoms with E-state index >= 15 is 0 Å². The number of hydrogen-bond acceptors (Lipinski definition) is 4. The minimum atomic E-state index is -0.361. The van der Waals surface area contributed by atoms with Gasteiger partial charge in [-0.25, -0.2) is 4.68 Å². The highest BCUT2D eigenvalue weighted by molar-refractivity contribution is 5.60. The first kappa shape index (κ1) is 12.5. The van der Waals surface area contributed by atoms with Crippen molar-refractivity contribution in [2.45, 2.75) is 33.1 Å². The average molecular weight is 226 g/mol. The van der Waals surface area contributed by atoms with Crippen LogP contribution in [-0.2, 0) is 7.05 Å². The molecule has 6 nitrogen and oxygen atoms in total. The number of rotatable bonds is 5. The first-order chi connectivity index (χ1) is 7.49. The molecular weight excluding hydrogens is 208 g/mol. The first-order valence-corrected chi connectivity index (χ1v) is 5.44. The summed E-state index contributed by atoms with van der Waals surface area (Å²) in [6, 6.07) is 0. The predicted molar refractivity (Wildman–Crippen MR) is 62.7 cm³/mol. The van der Waals surface area contributed by atoms with Crippen LogP contribution in [0, 0.1) is 10.1 Å². The molecule has 0 radical (unpaired) electrons. The highest BCUT2D eigenvalue weighted by Gasteiger charge is 2.27. The molecule has 90 valence electrons. The van der Waals surface area contributed by atoms with E-state index in [0.717, 1.165) is 6.42 Å². The van der Waals surface area contributed by atoms with Crippen LogP contribution in [0.3, 0.4) is 0 Å². The Morgan fingerprint density at radius 1 is 1.56 bits per heavy atom. The van der Waals surface area contributed by atoms with Crippen molar-refractivity contribution < 1.29 is 4.92 Å². The highest BCUT2D eigenvalue weighted by Crippen LogP contribution is 2.32. The van der Waals surface area contributed by atoms with E-state index in [0.29, 0.717) is 18.1 Å². The molecule has 1 rings (SSSR count). The smallest absolute Gasteiger partial charge is 0.334 e. The van der Waals surface area contributed by atoms with Crippen molar-refractivity contribution >= 4 is 11.5 Å². The maximum absolute atomic E-state index is 11.0. The third-order valence-electron chi connectivity index (χ3n) is 2.32. The Bertz CT molecular complexity index is 384. The second-order valence-electron chi connectivity index (χ2n) is 4.04. The molecule has 0 saturated heterocycles. The van der Waals surface area contributed by atoms with Gasteiger partial charge in [0.1, 0.15) is 5.69 Å². The van der Waals surface area contributed by atoms with Crippen LogP contribution in [0.25, 0.3) is 0 Å². The van der Waals surface area contributed by atoms with E-state index < -0.39 is 0 Å². The van der Waals surface area contributed by atoms with Gasteiger partial charge >= 0.3 is 5.69 Å². The maximum atomic E-state index is 11.0. The third-order valence-corrected chi connectivity index (χ3v) is 2.32. The van der Waals surface area contributed by atoms with Gasteiger partial charge in [-0.05, 0) is 6.42 Å². The SMILES string of the molecule is CCCNc1c([N+](=O)[O-])c(C(C)C)nn1C. The largest absolute Gasteiger partial charge is 0.365 e. The topological polar surface area (TPSA) is 73.0 Å². The molecule has 0 fully saturated rings. The Balaban J connectivity index is 3.19. The molecule has 0 aromatic carbocycles. The molecular formula is C10H18N4O2. The van der Waals surface area contributed by atoms with Gasteiger partial charge in [0.05, 0.1) is 4.92 Å². The van der Waals surface area contributed by atoms with E-state index in [4.69, 9.17) is 0 Å². The normalized spacial score (nSPS) is 10.8. The van der Waals surface area contributed by atoms with Crippen molar-refractivity contribution in [2.75, 3.05) is 11.9 Å². The average Bonchev–Trinajstić information content (AvgIpc) is 2.52. The zero-order valence-electron chi connectivity index (χ0n) is 10.1. The fourth-order valence-corrected chi connectivity index (χ4v) is 1.54. The van der Waals surface area contributed by atoms with Gasteiger partial charge in [0.15, 0.2) is 0 Å². The number of nitrogens with zero attached hydrogens (tertiary/aromatic N) is 3. The lowest BCUT2D eigenvalue weighted by molar-refractivity contribution is -0.384. The van der Waals surface area contributed by atoms with Crippen molar-refractivity contribution in [3.63, 3.8) is 0 Å². The van der Waals surface area contributed by atoms with Gasteiger partial charge in [0, 0.05) is 19.5 Å². The summed E-state index contributed by atoms with van der Waals surface area (Å²) in [6.07, 6.45) is 0.916. The van der Waals surface area contributed by atoms with Gasteiger partial charge < -0.3 is 5.32 Å². The minimum Gasteiger partial charge on any atom is -0.365 e. The summed E-state index contributed by atoms with van der Waals surface area (Å²) in [5.41, 5.74) is 0.636. The molecule has 16 heavy (non-hydrogen) atoms. The highest BCUT2D eigenvalue weighted by atomic mass is 16.6. The fourth-order valence-electron chi connectivity index (χ4n) is 1.54. The zero-order valence-corrected chi connectivity index (χ0v) is 10.1. The second-order valence-corrected chi connectivity index (χ2v) is 4.04. The lowest BCUT2D eigenvalue weighted by Gasteiger charge is -2.03. The molecule has 0 bridgehead atoms. The summed E-state index contributed by atoms with van der Waals surface area (Å²) in [5.74, 6) is 0.541. The first-order valence-electron chi connectivity index (χ1n) is 5.44. The predicted octanol–water partition coefficient (Wildman–Crippen LogP) is 2.27. The molecule has 0 unspecified atom stereocenters. The van der Waals surface area contributed by atoms with E-state index in [1.165, 1.54) is 0 Å². The van der Waals surface area contributed by atoms with Gasteiger partial charge in [0.25, 0.3) is 0 Å². The Kier molecular flexibility index (Phi) is 3.87. The van der Waals surface area contributed by atoms with Crippen LogP contribution < -0.4 is 5.32 Å². The molecule has 0 amide bonds. The molecule has 0 aliphatic heterocycles. The van der Waals surface area contributed by atoms with Gasteiger partial charge in [-0.2, -0.15) is 5.10 Å². The van der Waals surface area contributed by atoms with E-state index in [1.54, 1.807) is 11.7 Å². The summed E-state index contributed by atoms with van der Waals surface area (Å²) in [4.78, 5) is 10.7. The molecule has 0 aliphatic rings. The number of nitrogens with one attached hydrogen (secondary N) is 1. The summed E-state index contributed by atoms with van der Waals surface area (Å²) in [5, 5.41) is 18.3. The van der Waals surface area contributed by atoms with Crippen LogP contribution >= 0.6 is 0 Å². The van der Waals surface area contributed by atoms with E-state index in [-0.39, 0.29) is 16.5 Å². The lowest BCUT2D eigenvalue weighted by Crippen LogP contribution is -2.06. The van der Waals surface area contributed by atoms with Crippen LogP contribution in [0.1, 0.15) is 38.8 Å². The number of nitro groups is 1. The van der Waals surface area contributed by atoms with Crippen LogP contribution in [-0.4, -0.2) is 21.2 Å². The number of aromatic nitrogens is 2. The monoisotopic (exact) mass is 226 g/mol. The number of anilines is 1. The third kappa shape index (κ3) is 2.32. The minimum absolute atomic E-state index is 0.0452. The van der Waals surface area contributed by atoms with Crippen LogP contribution in [0.4, 0.5) is 11.5 Å². The molecule has 0 saturated carbocycles. The van der Waals surface area contributed by atoms with Crippen LogP contribution in [0.15, 0.2) is 0 Å². The Morgan fingerprint density at radius 3 is 2.62 bits per heavy atom. The fraction of sp³-hybridized carbons (Fsp3) is 0.700. The summed E-state index contributed by atoms with van der Waals surface area (Å²) in [7, 11) is 1.72. The maximum Gasteiger partial charge on any atom is 0.334 e. The van der Waals surface area contributed by atoms with Crippen LogP contribution in [0.2, 0.25) is 0 Å². The summed E-state index contributed by atoms with van der Waals surface area (Å²) >= 11 is 0. The Morgan fingerprint density at radius 2 is 2.19 bits per heavy atom. The van der Waals surface area contributed by atoms with Crippen molar-refractivity contribution in [3.8, 4) is 0 Å². The van der Waals surface area contributed by atoms with Crippen molar-refractivity contribution in [1.82, 2.24) is 9.78 Å².